The molecular formula is C18H23N5O3. The number of hydrogen-bond donors (Lipinski definition) is 1. The van der Waals surface area contributed by atoms with E-state index < -0.39 is 12.0 Å². The molecule has 0 amide bonds. The Balaban J connectivity index is 2.11. The lowest BCUT2D eigenvalue weighted by atomic mass is 9.95. The fourth-order valence-corrected chi connectivity index (χ4v) is 2.89. The first-order valence-corrected chi connectivity index (χ1v) is 8.71. The summed E-state index contributed by atoms with van der Waals surface area (Å²) in [6.07, 6.45) is 0.652. The summed E-state index contributed by atoms with van der Waals surface area (Å²) in [6.45, 7) is 8.08. The number of esters is 1. The predicted molar refractivity (Wildman–Crippen MR) is 95.7 cm³/mol. The van der Waals surface area contributed by atoms with Gasteiger partial charge in [-0.2, -0.15) is 4.68 Å². The number of ether oxygens (including phenoxy) is 2. The molecule has 2 heterocycles. The molecule has 138 valence electrons. The quantitative estimate of drug-likeness (QED) is 0.795. The van der Waals surface area contributed by atoms with Crippen LogP contribution in [0.2, 0.25) is 0 Å². The van der Waals surface area contributed by atoms with Gasteiger partial charge in [-0.1, -0.05) is 30.2 Å². The summed E-state index contributed by atoms with van der Waals surface area (Å²) >= 11 is 0. The minimum atomic E-state index is -0.527. The second kappa shape index (κ2) is 7.55. The Bertz CT molecular complexity index is 828. The number of aromatic nitrogens is 4. The highest BCUT2D eigenvalue weighted by Gasteiger charge is 2.36. The summed E-state index contributed by atoms with van der Waals surface area (Å²) in [5, 5.41) is 14.9. The highest BCUT2D eigenvalue weighted by molar-refractivity contribution is 5.92. The summed E-state index contributed by atoms with van der Waals surface area (Å²) in [4.78, 5) is 12.8. The Hall–Kier alpha value is -2.90. The number of hydrogen-bond acceptors (Lipinski definition) is 7. The van der Waals surface area contributed by atoms with Gasteiger partial charge in [0, 0.05) is 11.3 Å². The van der Waals surface area contributed by atoms with Gasteiger partial charge in [-0.15, -0.1) is 0 Å². The Kier molecular flexibility index (Phi) is 5.20. The molecule has 1 atom stereocenters. The van der Waals surface area contributed by atoms with Gasteiger partial charge in [-0.05, 0) is 43.7 Å². The average molecular weight is 357 g/mol. The number of carbonyl (C=O) groups excluding carboxylic acids is 1. The van der Waals surface area contributed by atoms with E-state index in [2.05, 4.69) is 20.8 Å². The molecule has 1 aromatic heterocycles. The van der Waals surface area contributed by atoms with Crippen LogP contribution in [-0.2, 0) is 9.53 Å². The maximum absolute atomic E-state index is 12.8. The fraction of sp³-hybridized carbons (Fsp3) is 0.444. The Morgan fingerprint density at radius 2 is 2.12 bits per heavy atom. The smallest absolute Gasteiger partial charge is 0.338 e. The standard InChI is InChI=1S/C18H23N5O3/c1-5-10-25-14-9-7-6-8-13(14)16-15(17(24)26-11(2)3)12(4)19-18-20-21-22-23(16)18/h6-9,11,16H,5,10H2,1-4H3,(H,19,20,22). The first kappa shape index (κ1) is 17.9. The summed E-state index contributed by atoms with van der Waals surface area (Å²) in [5.41, 5.74) is 1.94. The summed E-state index contributed by atoms with van der Waals surface area (Å²) in [7, 11) is 0. The van der Waals surface area contributed by atoms with E-state index in [1.807, 2.05) is 52.0 Å². The maximum atomic E-state index is 12.8. The molecule has 1 N–H and O–H groups in total. The van der Waals surface area contributed by atoms with Gasteiger partial charge >= 0.3 is 5.97 Å². The number of tetrazole rings is 1. The number of rotatable bonds is 6. The zero-order valence-electron chi connectivity index (χ0n) is 15.4. The molecule has 1 aliphatic rings. The van der Waals surface area contributed by atoms with Gasteiger partial charge in [-0.3, -0.25) is 0 Å². The SMILES string of the molecule is CCCOc1ccccc1C1C(C(=O)OC(C)C)=C(C)Nc2nnnn21. The lowest BCUT2D eigenvalue weighted by Gasteiger charge is -2.29. The number of nitrogens with one attached hydrogen (secondary N) is 1. The Morgan fingerprint density at radius 3 is 2.85 bits per heavy atom. The lowest BCUT2D eigenvalue weighted by Crippen LogP contribution is -2.31. The van der Waals surface area contributed by atoms with Crippen molar-refractivity contribution in [2.45, 2.75) is 46.3 Å². The topological polar surface area (TPSA) is 91.2 Å². The average Bonchev–Trinajstić information content (AvgIpc) is 3.06. The van der Waals surface area contributed by atoms with E-state index in [0.717, 1.165) is 12.0 Å². The van der Waals surface area contributed by atoms with Crippen LogP contribution >= 0.6 is 0 Å². The number of benzene rings is 1. The third kappa shape index (κ3) is 3.40. The maximum Gasteiger partial charge on any atom is 0.338 e. The van der Waals surface area contributed by atoms with Crippen LogP contribution in [0, 0.1) is 0 Å². The van der Waals surface area contributed by atoms with Crippen molar-refractivity contribution in [1.29, 1.82) is 0 Å². The fourth-order valence-electron chi connectivity index (χ4n) is 2.89. The van der Waals surface area contributed by atoms with Crippen LogP contribution in [0.4, 0.5) is 5.95 Å². The van der Waals surface area contributed by atoms with Gasteiger partial charge in [0.25, 0.3) is 0 Å². The molecule has 1 aliphatic heterocycles. The largest absolute Gasteiger partial charge is 0.493 e. The molecule has 0 spiro atoms. The lowest BCUT2D eigenvalue weighted by molar-refractivity contribution is -0.143. The third-order valence-corrected chi connectivity index (χ3v) is 3.95. The highest BCUT2D eigenvalue weighted by atomic mass is 16.5. The van der Waals surface area contributed by atoms with E-state index in [-0.39, 0.29) is 6.10 Å². The molecule has 0 aliphatic carbocycles. The van der Waals surface area contributed by atoms with Crippen molar-refractivity contribution >= 4 is 11.9 Å². The molecule has 1 unspecified atom stereocenters. The van der Waals surface area contributed by atoms with Crippen LogP contribution in [0.25, 0.3) is 0 Å². The van der Waals surface area contributed by atoms with E-state index in [1.54, 1.807) is 4.68 Å². The van der Waals surface area contributed by atoms with Gasteiger partial charge in [0.15, 0.2) is 0 Å². The number of anilines is 1. The normalized spacial score (nSPS) is 16.3. The Labute approximate surface area is 152 Å². The van der Waals surface area contributed by atoms with Gasteiger partial charge in [0.2, 0.25) is 5.95 Å². The van der Waals surface area contributed by atoms with Crippen molar-refractivity contribution in [2.24, 2.45) is 0 Å². The van der Waals surface area contributed by atoms with Gasteiger partial charge in [0.1, 0.15) is 11.8 Å². The van der Waals surface area contributed by atoms with Crippen LogP contribution in [0.3, 0.4) is 0 Å². The van der Waals surface area contributed by atoms with E-state index in [4.69, 9.17) is 9.47 Å². The second-order valence-corrected chi connectivity index (χ2v) is 6.35. The van der Waals surface area contributed by atoms with Gasteiger partial charge in [0.05, 0.1) is 18.3 Å². The number of fused-ring (bicyclic) bond motifs is 1. The van der Waals surface area contributed by atoms with Crippen LogP contribution in [-0.4, -0.2) is 38.9 Å². The van der Waals surface area contributed by atoms with Crippen molar-refractivity contribution < 1.29 is 14.3 Å². The first-order chi connectivity index (χ1) is 12.5. The van der Waals surface area contributed by atoms with Crippen molar-refractivity contribution in [3.63, 3.8) is 0 Å². The third-order valence-electron chi connectivity index (χ3n) is 3.95. The van der Waals surface area contributed by atoms with Gasteiger partial charge in [-0.25, -0.2) is 4.79 Å². The number of nitrogens with zero attached hydrogens (tertiary/aromatic N) is 4. The van der Waals surface area contributed by atoms with Crippen molar-refractivity contribution in [1.82, 2.24) is 20.2 Å². The van der Waals surface area contributed by atoms with Crippen LogP contribution < -0.4 is 10.1 Å². The number of allylic oxidation sites excluding steroid dienone is 1. The minimum Gasteiger partial charge on any atom is -0.493 e. The van der Waals surface area contributed by atoms with E-state index in [1.165, 1.54) is 0 Å². The molecule has 2 aromatic rings. The van der Waals surface area contributed by atoms with Gasteiger partial charge < -0.3 is 14.8 Å². The molecule has 0 fully saturated rings. The molecular weight excluding hydrogens is 334 g/mol. The van der Waals surface area contributed by atoms with Crippen LogP contribution in [0.5, 0.6) is 5.75 Å². The molecule has 0 radical (unpaired) electrons. The Morgan fingerprint density at radius 1 is 1.35 bits per heavy atom. The summed E-state index contributed by atoms with van der Waals surface area (Å²) in [6, 6.07) is 7.08. The van der Waals surface area contributed by atoms with Crippen molar-refractivity contribution in [3.8, 4) is 5.75 Å². The first-order valence-electron chi connectivity index (χ1n) is 8.71. The van der Waals surface area contributed by atoms with Crippen LogP contribution in [0.1, 0.15) is 45.7 Å². The minimum absolute atomic E-state index is 0.231. The van der Waals surface area contributed by atoms with Crippen molar-refractivity contribution in [3.05, 3.63) is 41.1 Å². The zero-order valence-corrected chi connectivity index (χ0v) is 15.4. The highest BCUT2D eigenvalue weighted by Crippen LogP contribution is 2.39. The second-order valence-electron chi connectivity index (χ2n) is 6.35. The molecule has 26 heavy (non-hydrogen) atoms. The molecule has 0 saturated carbocycles. The molecule has 8 nitrogen and oxygen atoms in total. The number of para-hydroxylation sites is 1. The molecule has 3 rings (SSSR count). The van der Waals surface area contributed by atoms with Crippen LogP contribution in [0.15, 0.2) is 35.5 Å². The molecule has 1 aromatic carbocycles. The predicted octanol–water partition coefficient (Wildman–Crippen LogP) is 2.70. The van der Waals surface area contributed by atoms with E-state index in [0.29, 0.717) is 29.6 Å². The number of carbonyl (C=O) groups is 1. The molecule has 0 bridgehead atoms. The molecule has 8 heteroatoms. The van der Waals surface area contributed by atoms with E-state index >= 15 is 0 Å². The summed E-state index contributed by atoms with van der Waals surface area (Å²) in [5.74, 6) is 0.769. The molecule has 0 saturated heterocycles. The summed E-state index contributed by atoms with van der Waals surface area (Å²) < 4.78 is 12.9. The monoisotopic (exact) mass is 357 g/mol. The van der Waals surface area contributed by atoms with E-state index in [9.17, 15) is 4.79 Å². The zero-order chi connectivity index (χ0) is 18.7. The van der Waals surface area contributed by atoms with Crippen molar-refractivity contribution in [2.75, 3.05) is 11.9 Å².